The number of carbonyl (C=O) groups is 1. The molecule has 0 atom stereocenters. The zero-order valence-electron chi connectivity index (χ0n) is 15.8. The number of hydrogen-bond acceptors (Lipinski definition) is 4. The van der Waals surface area contributed by atoms with Gasteiger partial charge in [-0.3, -0.25) is 4.79 Å². The summed E-state index contributed by atoms with van der Waals surface area (Å²) in [6.07, 6.45) is 3.01. The van der Waals surface area contributed by atoms with E-state index in [-0.39, 0.29) is 26.7 Å². The fourth-order valence-electron chi connectivity index (χ4n) is 2.85. The molecule has 3 aromatic rings. The molecule has 0 unspecified atom stereocenters. The van der Waals surface area contributed by atoms with E-state index in [1.807, 2.05) is 0 Å². The zero-order chi connectivity index (χ0) is 21.9. The molecule has 8 heteroatoms. The van der Waals surface area contributed by atoms with Crippen molar-refractivity contribution in [2.75, 3.05) is 7.11 Å². The lowest BCUT2D eigenvalue weighted by Crippen LogP contribution is -2.17. The summed E-state index contributed by atoms with van der Waals surface area (Å²) in [6.45, 7) is 0. The van der Waals surface area contributed by atoms with E-state index in [4.69, 9.17) is 10.5 Å². The Balaban J connectivity index is 1.96. The number of methoxy groups -OCH3 is 1. The van der Waals surface area contributed by atoms with Crippen molar-refractivity contribution in [3.63, 3.8) is 0 Å². The largest absolute Gasteiger partial charge is 0.495 e. The maximum atomic E-state index is 13.7. The molecular weight excluding hydrogens is 412 g/mol. The third-order valence-electron chi connectivity index (χ3n) is 4.34. The Kier molecular flexibility index (Phi) is 5.98. The summed E-state index contributed by atoms with van der Waals surface area (Å²) in [7, 11) is -2.81. The van der Waals surface area contributed by atoms with Gasteiger partial charge >= 0.3 is 0 Å². The van der Waals surface area contributed by atoms with Gasteiger partial charge in [0, 0.05) is 11.6 Å². The number of amides is 1. The molecule has 154 valence electrons. The molecule has 3 aromatic carbocycles. The number of halogens is 2. The van der Waals surface area contributed by atoms with Crippen LogP contribution in [-0.2, 0) is 9.84 Å². The Labute approximate surface area is 172 Å². The van der Waals surface area contributed by atoms with Crippen molar-refractivity contribution >= 4 is 27.9 Å². The normalized spacial score (nSPS) is 11.6. The van der Waals surface area contributed by atoms with E-state index in [1.165, 1.54) is 61.7 Å². The molecule has 0 saturated heterocycles. The van der Waals surface area contributed by atoms with E-state index in [0.717, 1.165) is 12.1 Å². The molecule has 30 heavy (non-hydrogen) atoms. The Morgan fingerprint density at radius 2 is 1.70 bits per heavy atom. The predicted molar refractivity (Wildman–Crippen MR) is 109 cm³/mol. The van der Waals surface area contributed by atoms with E-state index < -0.39 is 27.4 Å². The maximum Gasteiger partial charge on any atom is 0.250 e. The van der Waals surface area contributed by atoms with E-state index >= 15 is 0 Å². The average molecular weight is 429 g/mol. The zero-order valence-corrected chi connectivity index (χ0v) is 16.6. The molecule has 5 nitrogen and oxygen atoms in total. The second-order valence-electron chi connectivity index (χ2n) is 6.27. The van der Waals surface area contributed by atoms with Crippen LogP contribution in [0, 0.1) is 11.6 Å². The summed E-state index contributed by atoms with van der Waals surface area (Å²) in [6, 6.07) is 13.2. The monoisotopic (exact) mass is 429 g/mol. The molecule has 0 spiro atoms. The van der Waals surface area contributed by atoms with Crippen LogP contribution in [0.4, 0.5) is 8.78 Å². The van der Waals surface area contributed by atoms with Gasteiger partial charge in [-0.25, -0.2) is 17.2 Å². The molecule has 0 aromatic heterocycles. The molecule has 0 aliphatic carbocycles. The van der Waals surface area contributed by atoms with Crippen molar-refractivity contribution in [3.05, 3.63) is 89.0 Å². The standard InChI is InChI=1S/C22H17F2NO4S/c1-29-20-4-2-3-18(22(25)26)21(20)30(27,28)17-11-6-14(7-12-17)5-8-15-9-10-16(23)13-19(15)24/h2-13H,1H3,(H2,25,26). The summed E-state index contributed by atoms with van der Waals surface area (Å²) >= 11 is 0. The smallest absolute Gasteiger partial charge is 0.250 e. The third kappa shape index (κ3) is 4.23. The quantitative estimate of drug-likeness (QED) is 0.599. The highest BCUT2D eigenvalue weighted by molar-refractivity contribution is 7.91. The summed E-state index contributed by atoms with van der Waals surface area (Å²) in [5, 5.41) is 0. The Morgan fingerprint density at radius 1 is 1.00 bits per heavy atom. The number of nitrogens with two attached hydrogens (primary N) is 1. The second-order valence-corrected chi connectivity index (χ2v) is 8.16. The van der Waals surface area contributed by atoms with Gasteiger partial charge in [-0.15, -0.1) is 0 Å². The highest BCUT2D eigenvalue weighted by atomic mass is 32.2. The number of benzene rings is 3. The Hall–Kier alpha value is -3.52. The lowest BCUT2D eigenvalue weighted by atomic mass is 10.1. The highest BCUT2D eigenvalue weighted by Gasteiger charge is 2.27. The van der Waals surface area contributed by atoms with E-state index in [0.29, 0.717) is 5.56 Å². The molecule has 3 rings (SSSR count). The van der Waals surface area contributed by atoms with Crippen LogP contribution in [0.3, 0.4) is 0 Å². The number of ether oxygens (including phenoxy) is 1. The van der Waals surface area contributed by atoms with Gasteiger partial charge < -0.3 is 10.5 Å². The van der Waals surface area contributed by atoms with Gasteiger partial charge in [0.25, 0.3) is 0 Å². The minimum Gasteiger partial charge on any atom is -0.495 e. The number of carbonyl (C=O) groups excluding carboxylic acids is 1. The van der Waals surface area contributed by atoms with Gasteiger partial charge in [-0.05, 0) is 42.0 Å². The van der Waals surface area contributed by atoms with Crippen LogP contribution in [0.1, 0.15) is 21.5 Å². The van der Waals surface area contributed by atoms with Crippen LogP contribution in [0.25, 0.3) is 12.2 Å². The van der Waals surface area contributed by atoms with E-state index in [1.54, 1.807) is 6.08 Å². The van der Waals surface area contributed by atoms with Crippen LogP contribution in [-0.4, -0.2) is 21.4 Å². The molecule has 0 heterocycles. The number of primary amides is 1. The van der Waals surface area contributed by atoms with E-state index in [9.17, 15) is 22.0 Å². The van der Waals surface area contributed by atoms with Crippen LogP contribution in [0.2, 0.25) is 0 Å². The topological polar surface area (TPSA) is 86.5 Å². The molecule has 0 aliphatic heterocycles. The second kappa shape index (κ2) is 8.46. The van der Waals surface area contributed by atoms with Gasteiger partial charge in [0.15, 0.2) is 0 Å². The maximum absolute atomic E-state index is 13.7. The molecule has 0 fully saturated rings. The van der Waals surface area contributed by atoms with Crippen LogP contribution < -0.4 is 10.5 Å². The van der Waals surface area contributed by atoms with Crippen molar-refractivity contribution < 1.29 is 26.7 Å². The Morgan fingerprint density at radius 3 is 2.30 bits per heavy atom. The van der Waals surface area contributed by atoms with Crippen LogP contribution in [0.5, 0.6) is 5.75 Å². The van der Waals surface area contributed by atoms with Crippen LogP contribution >= 0.6 is 0 Å². The first-order valence-corrected chi connectivity index (χ1v) is 10.2. The molecule has 0 saturated carbocycles. The van der Waals surface area contributed by atoms with Gasteiger partial charge in [0.2, 0.25) is 15.7 Å². The van der Waals surface area contributed by atoms with Gasteiger partial charge in [-0.1, -0.05) is 30.4 Å². The van der Waals surface area contributed by atoms with Gasteiger partial charge in [0.1, 0.15) is 22.3 Å². The van der Waals surface area contributed by atoms with Crippen molar-refractivity contribution in [2.24, 2.45) is 5.73 Å². The number of rotatable bonds is 6. The molecular formula is C22H17F2NO4S. The lowest BCUT2D eigenvalue weighted by molar-refractivity contribution is 0.0996. The van der Waals surface area contributed by atoms with Gasteiger partial charge in [-0.2, -0.15) is 0 Å². The molecule has 2 N–H and O–H groups in total. The number of sulfone groups is 1. The molecule has 0 aliphatic rings. The first kappa shape index (κ1) is 21.2. The summed E-state index contributed by atoms with van der Waals surface area (Å²) in [4.78, 5) is 11.4. The minimum absolute atomic E-state index is 0.00190. The van der Waals surface area contributed by atoms with Crippen LogP contribution in [0.15, 0.2) is 70.5 Å². The first-order chi connectivity index (χ1) is 14.2. The summed E-state index contributed by atoms with van der Waals surface area (Å²) in [5.74, 6) is -2.28. The number of hydrogen-bond donors (Lipinski definition) is 1. The molecule has 0 bridgehead atoms. The lowest BCUT2D eigenvalue weighted by Gasteiger charge is -2.13. The van der Waals surface area contributed by atoms with Crippen molar-refractivity contribution in [3.8, 4) is 5.75 Å². The fourth-order valence-corrected chi connectivity index (χ4v) is 4.45. The fraction of sp³-hybridized carbons (Fsp3) is 0.0455. The third-order valence-corrected chi connectivity index (χ3v) is 6.19. The minimum atomic E-state index is -4.10. The predicted octanol–water partition coefficient (Wildman–Crippen LogP) is 4.08. The first-order valence-electron chi connectivity index (χ1n) is 8.69. The summed E-state index contributed by atoms with van der Waals surface area (Å²) < 4.78 is 58.0. The average Bonchev–Trinajstić information content (AvgIpc) is 2.72. The van der Waals surface area contributed by atoms with Gasteiger partial charge in [0.05, 0.1) is 17.6 Å². The summed E-state index contributed by atoms with van der Waals surface area (Å²) in [5.41, 5.74) is 5.93. The van der Waals surface area contributed by atoms with Crippen molar-refractivity contribution in [1.29, 1.82) is 0 Å². The SMILES string of the molecule is COc1cccc(C(N)=O)c1S(=O)(=O)c1ccc(C=Cc2ccc(F)cc2F)cc1. The molecule has 0 radical (unpaired) electrons. The van der Waals surface area contributed by atoms with Crippen molar-refractivity contribution in [2.45, 2.75) is 9.79 Å². The van der Waals surface area contributed by atoms with E-state index in [2.05, 4.69) is 0 Å². The van der Waals surface area contributed by atoms with Crippen molar-refractivity contribution in [1.82, 2.24) is 0 Å². The highest BCUT2D eigenvalue weighted by Crippen LogP contribution is 2.32. The Bertz CT molecular complexity index is 1240. The molecule has 1 amide bonds.